The number of carbonyl (C=O) groups is 1. The number of fused-ring (bicyclic) bond motifs is 1. The molecule has 4 rings (SSSR count). The maximum Gasteiger partial charge on any atom is 0.279 e. The third-order valence-electron chi connectivity index (χ3n) is 6.00. The van der Waals surface area contributed by atoms with Crippen LogP contribution < -0.4 is 4.90 Å². The average Bonchev–Trinajstić information content (AvgIpc) is 3.17. The van der Waals surface area contributed by atoms with E-state index in [1.807, 2.05) is 42.6 Å². The van der Waals surface area contributed by atoms with Crippen LogP contribution in [-0.2, 0) is 11.4 Å². The number of aromatic nitrogens is 1. The zero-order chi connectivity index (χ0) is 21.8. The number of anilines is 1. The van der Waals surface area contributed by atoms with Gasteiger partial charge in [-0.2, -0.15) is 0 Å². The molecule has 2 aromatic carbocycles. The number of carbonyl (C=O) groups excluding carboxylic acids is 1. The van der Waals surface area contributed by atoms with Gasteiger partial charge in [0, 0.05) is 67.6 Å². The summed E-state index contributed by atoms with van der Waals surface area (Å²) in [5.74, 6) is -0.130. The topological polar surface area (TPSA) is 41.0 Å². The number of hydroxylamine groups is 2. The van der Waals surface area contributed by atoms with Gasteiger partial charge in [-0.15, -0.1) is 0 Å². The molecule has 1 aliphatic heterocycles. The Labute approximate surface area is 188 Å². The van der Waals surface area contributed by atoms with Gasteiger partial charge in [0.25, 0.3) is 5.91 Å². The van der Waals surface area contributed by atoms with Crippen LogP contribution in [0.15, 0.2) is 54.7 Å². The third kappa shape index (κ3) is 4.87. The van der Waals surface area contributed by atoms with Crippen molar-refractivity contribution in [2.24, 2.45) is 0 Å². The second-order valence-electron chi connectivity index (χ2n) is 7.90. The molecule has 3 aromatic rings. The molecule has 0 N–H and O–H groups in total. The summed E-state index contributed by atoms with van der Waals surface area (Å²) in [6.07, 6.45) is 2.99. The summed E-state index contributed by atoms with van der Waals surface area (Å²) in [5.41, 5.74) is 2.96. The van der Waals surface area contributed by atoms with Gasteiger partial charge in [-0.3, -0.25) is 14.5 Å². The highest BCUT2D eigenvalue weighted by atomic mass is 35.5. The number of halogens is 1. The van der Waals surface area contributed by atoms with Crippen LogP contribution in [0, 0.1) is 0 Å². The fourth-order valence-corrected chi connectivity index (χ4v) is 4.41. The van der Waals surface area contributed by atoms with Crippen LogP contribution in [0.1, 0.15) is 16.8 Å². The van der Waals surface area contributed by atoms with Crippen molar-refractivity contribution in [2.75, 3.05) is 51.8 Å². The van der Waals surface area contributed by atoms with Crippen molar-refractivity contribution in [3.05, 3.63) is 65.3 Å². The number of piperazine rings is 1. The Balaban J connectivity index is 1.35. The smallest absolute Gasteiger partial charge is 0.279 e. The molecule has 1 fully saturated rings. The minimum absolute atomic E-state index is 0.130. The van der Waals surface area contributed by atoms with Gasteiger partial charge in [0.15, 0.2) is 0 Å². The number of hydrogen-bond donors (Lipinski definition) is 0. The SMILES string of the molecule is CON(C)C(=O)c1cn(CCCN2CCN(c3cccc(Cl)c3)CC2)c2ccccc12. The number of hydrogen-bond acceptors (Lipinski definition) is 4. The molecule has 31 heavy (non-hydrogen) atoms. The molecule has 1 amide bonds. The summed E-state index contributed by atoms with van der Waals surface area (Å²) in [5, 5.41) is 3.02. The Bertz CT molecular complexity index is 1040. The first kappa shape index (κ1) is 21.7. The van der Waals surface area contributed by atoms with Crippen molar-refractivity contribution < 1.29 is 9.63 Å². The Kier molecular flexibility index (Phi) is 6.80. The van der Waals surface area contributed by atoms with Crippen molar-refractivity contribution >= 4 is 34.1 Å². The lowest BCUT2D eigenvalue weighted by atomic mass is 10.1. The molecule has 0 saturated carbocycles. The first-order valence-corrected chi connectivity index (χ1v) is 11.1. The quantitative estimate of drug-likeness (QED) is 0.518. The van der Waals surface area contributed by atoms with E-state index in [0.717, 1.165) is 61.6 Å². The Hall–Kier alpha value is -2.54. The highest BCUT2D eigenvalue weighted by Gasteiger charge is 2.19. The third-order valence-corrected chi connectivity index (χ3v) is 6.23. The summed E-state index contributed by atoms with van der Waals surface area (Å²) in [6.45, 7) is 6.02. The van der Waals surface area contributed by atoms with Crippen molar-refractivity contribution in [3.8, 4) is 0 Å². The number of benzene rings is 2. The molecule has 2 heterocycles. The van der Waals surface area contributed by atoms with E-state index in [9.17, 15) is 4.79 Å². The molecule has 1 aromatic heterocycles. The molecule has 7 heteroatoms. The lowest BCUT2D eigenvalue weighted by molar-refractivity contribution is -0.0755. The molecule has 1 aliphatic rings. The zero-order valence-electron chi connectivity index (χ0n) is 18.1. The average molecular weight is 441 g/mol. The lowest BCUT2D eigenvalue weighted by Crippen LogP contribution is -2.46. The number of para-hydroxylation sites is 1. The van der Waals surface area contributed by atoms with Crippen molar-refractivity contribution in [1.82, 2.24) is 14.5 Å². The van der Waals surface area contributed by atoms with Gasteiger partial charge in [-0.25, -0.2) is 5.06 Å². The largest absolute Gasteiger partial charge is 0.369 e. The first-order chi connectivity index (χ1) is 15.1. The fourth-order valence-electron chi connectivity index (χ4n) is 4.22. The predicted octanol–water partition coefficient (Wildman–Crippen LogP) is 4.14. The van der Waals surface area contributed by atoms with Gasteiger partial charge in [-0.05, 0) is 37.2 Å². The Morgan fingerprint density at radius 3 is 2.58 bits per heavy atom. The van der Waals surface area contributed by atoms with Crippen LogP contribution in [-0.4, -0.2) is 67.3 Å². The molecule has 6 nitrogen and oxygen atoms in total. The Morgan fingerprint density at radius 2 is 1.84 bits per heavy atom. The molecule has 0 aliphatic carbocycles. The van der Waals surface area contributed by atoms with Crippen molar-refractivity contribution in [3.63, 3.8) is 0 Å². The summed E-state index contributed by atoms with van der Waals surface area (Å²) < 4.78 is 2.19. The van der Waals surface area contributed by atoms with E-state index in [2.05, 4.69) is 26.5 Å². The van der Waals surface area contributed by atoms with Gasteiger partial charge < -0.3 is 9.47 Å². The van der Waals surface area contributed by atoms with E-state index < -0.39 is 0 Å². The van der Waals surface area contributed by atoms with Crippen LogP contribution in [0.2, 0.25) is 5.02 Å². The molecule has 164 valence electrons. The normalized spacial score (nSPS) is 14.9. The first-order valence-electron chi connectivity index (χ1n) is 10.7. The highest BCUT2D eigenvalue weighted by molar-refractivity contribution is 6.30. The van der Waals surface area contributed by atoms with Crippen molar-refractivity contribution in [2.45, 2.75) is 13.0 Å². The van der Waals surface area contributed by atoms with E-state index in [1.165, 1.54) is 17.9 Å². The molecule has 0 unspecified atom stereocenters. The molecular formula is C24H29ClN4O2. The molecule has 0 radical (unpaired) electrons. The van der Waals surface area contributed by atoms with E-state index in [4.69, 9.17) is 16.4 Å². The van der Waals surface area contributed by atoms with Gasteiger partial charge >= 0.3 is 0 Å². The van der Waals surface area contributed by atoms with E-state index in [1.54, 1.807) is 7.05 Å². The van der Waals surface area contributed by atoms with Gasteiger partial charge in [-0.1, -0.05) is 35.9 Å². The lowest BCUT2D eigenvalue weighted by Gasteiger charge is -2.36. The number of aryl methyl sites for hydroxylation is 1. The van der Waals surface area contributed by atoms with Gasteiger partial charge in [0.05, 0.1) is 12.7 Å². The predicted molar refractivity (Wildman–Crippen MR) is 126 cm³/mol. The minimum atomic E-state index is -0.130. The fraction of sp³-hybridized carbons (Fsp3) is 0.375. The molecule has 0 spiro atoms. The summed E-state index contributed by atoms with van der Waals surface area (Å²) in [4.78, 5) is 22.7. The number of amides is 1. The second kappa shape index (κ2) is 9.73. The van der Waals surface area contributed by atoms with Gasteiger partial charge in [0.2, 0.25) is 0 Å². The Morgan fingerprint density at radius 1 is 1.06 bits per heavy atom. The summed E-state index contributed by atoms with van der Waals surface area (Å²) in [6, 6.07) is 16.1. The second-order valence-corrected chi connectivity index (χ2v) is 8.34. The zero-order valence-corrected chi connectivity index (χ0v) is 18.9. The van der Waals surface area contributed by atoms with Crippen LogP contribution in [0.4, 0.5) is 5.69 Å². The minimum Gasteiger partial charge on any atom is -0.369 e. The molecule has 0 atom stereocenters. The van der Waals surface area contributed by atoms with Crippen LogP contribution in [0.5, 0.6) is 0 Å². The number of rotatable bonds is 7. The monoisotopic (exact) mass is 440 g/mol. The van der Waals surface area contributed by atoms with Crippen LogP contribution in [0.25, 0.3) is 10.9 Å². The van der Waals surface area contributed by atoms with E-state index >= 15 is 0 Å². The van der Waals surface area contributed by atoms with Crippen molar-refractivity contribution in [1.29, 1.82) is 0 Å². The summed E-state index contributed by atoms with van der Waals surface area (Å²) in [7, 11) is 3.14. The number of nitrogens with zero attached hydrogens (tertiary/aromatic N) is 4. The van der Waals surface area contributed by atoms with E-state index in [0.29, 0.717) is 5.56 Å². The summed E-state index contributed by atoms with van der Waals surface area (Å²) >= 11 is 6.14. The maximum atomic E-state index is 12.7. The maximum absolute atomic E-state index is 12.7. The molecule has 0 bridgehead atoms. The molecule has 1 saturated heterocycles. The standard InChI is InChI=1S/C24H29ClN4O2/c1-26(31-2)24(30)22-18-29(23-10-4-3-9-21(22)23)12-6-11-27-13-15-28(16-14-27)20-8-5-7-19(25)17-20/h3-5,7-10,17-18H,6,11-16H2,1-2H3. The van der Waals surface area contributed by atoms with E-state index in [-0.39, 0.29) is 5.91 Å². The van der Waals surface area contributed by atoms with Gasteiger partial charge in [0.1, 0.15) is 0 Å². The van der Waals surface area contributed by atoms with Crippen LogP contribution >= 0.6 is 11.6 Å². The molecular weight excluding hydrogens is 412 g/mol. The highest BCUT2D eigenvalue weighted by Crippen LogP contribution is 2.24. The van der Waals surface area contributed by atoms with Crippen LogP contribution in [0.3, 0.4) is 0 Å².